The van der Waals surface area contributed by atoms with Crippen LogP contribution in [-0.2, 0) is 0 Å². The Labute approximate surface area is 144 Å². The van der Waals surface area contributed by atoms with E-state index in [-0.39, 0.29) is 0 Å². The Morgan fingerprint density at radius 3 is 1.87 bits per heavy atom. The summed E-state index contributed by atoms with van der Waals surface area (Å²) in [6.45, 7) is 16.5. The second kappa shape index (κ2) is 7.01. The SMILES string of the molecule is CN1CCC(CN2CCC3(CC2)CCN(C(C)(C)C)CC3)CC1. The maximum atomic E-state index is 2.79. The van der Waals surface area contributed by atoms with Crippen LogP contribution in [0, 0.1) is 11.3 Å². The van der Waals surface area contributed by atoms with Crippen molar-refractivity contribution in [2.24, 2.45) is 11.3 Å². The van der Waals surface area contributed by atoms with E-state index in [1.165, 1.54) is 84.3 Å². The van der Waals surface area contributed by atoms with Gasteiger partial charge in [-0.2, -0.15) is 0 Å². The van der Waals surface area contributed by atoms with E-state index in [9.17, 15) is 0 Å². The third-order valence-corrected chi connectivity index (χ3v) is 7.04. The fourth-order valence-electron chi connectivity index (χ4n) is 4.97. The molecule has 0 aromatic heterocycles. The zero-order valence-electron chi connectivity index (χ0n) is 16.1. The molecule has 0 radical (unpaired) electrons. The third-order valence-electron chi connectivity index (χ3n) is 7.04. The standard InChI is InChI=1S/C20H39N3/c1-19(2,3)23-15-9-20(10-16-23)7-13-22(14-8-20)17-18-5-11-21(4)12-6-18/h18H,5-17H2,1-4H3. The van der Waals surface area contributed by atoms with Crippen LogP contribution in [0.5, 0.6) is 0 Å². The van der Waals surface area contributed by atoms with Gasteiger partial charge in [0.1, 0.15) is 0 Å². The summed E-state index contributed by atoms with van der Waals surface area (Å²) in [7, 11) is 2.27. The number of likely N-dealkylation sites (tertiary alicyclic amines) is 3. The average molecular weight is 322 g/mol. The summed E-state index contributed by atoms with van der Waals surface area (Å²) in [6.07, 6.45) is 8.62. The summed E-state index contributed by atoms with van der Waals surface area (Å²) < 4.78 is 0. The molecule has 1 spiro atoms. The minimum absolute atomic E-state index is 0.358. The highest BCUT2D eigenvalue weighted by Gasteiger charge is 2.39. The molecule has 0 aliphatic carbocycles. The molecule has 0 aromatic rings. The fraction of sp³-hybridized carbons (Fsp3) is 1.00. The van der Waals surface area contributed by atoms with Gasteiger partial charge in [0.05, 0.1) is 0 Å². The van der Waals surface area contributed by atoms with Crippen molar-refractivity contribution in [2.45, 2.75) is 64.8 Å². The largest absolute Gasteiger partial charge is 0.306 e. The topological polar surface area (TPSA) is 9.72 Å². The molecule has 3 aliphatic rings. The van der Waals surface area contributed by atoms with E-state index in [2.05, 4.69) is 42.5 Å². The van der Waals surface area contributed by atoms with Crippen LogP contribution in [0.3, 0.4) is 0 Å². The van der Waals surface area contributed by atoms with Crippen LogP contribution in [0.4, 0.5) is 0 Å². The molecule has 3 heterocycles. The molecule has 23 heavy (non-hydrogen) atoms. The number of nitrogens with zero attached hydrogens (tertiary/aromatic N) is 3. The minimum Gasteiger partial charge on any atom is -0.306 e. The lowest BCUT2D eigenvalue weighted by molar-refractivity contribution is -0.00103. The highest BCUT2D eigenvalue weighted by Crippen LogP contribution is 2.42. The molecular formula is C20H39N3. The van der Waals surface area contributed by atoms with Gasteiger partial charge in [0.2, 0.25) is 0 Å². The van der Waals surface area contributed by atoms with Crippen LogP contribution in [-0.4, -0.2) is 73.1 Å². The molecule has 3 nitrogen and oxygen atoms in total. The zero-order valence-corrected chi connectivity index (χ0v) is 16.1. The molecule has 0 atom stereocenters. The van der Waals surface area contributed by atoms with Crippen molar-refractivity contribution in [1.29, 1.82) is 0 Å². The van der Waals surface area contributed by atoms with Gasteiger partial charge in [-0.15, -0.1) is 0 Å². The first-order valence-corrected chi connectivity index (χ1v) is 10.0. The Balaban J connectivity index is 1.42. The lowest BCUT2D eigenvalue weighted by Crippen LogP contribution is -2.52. The fourth-order valence-corrected chi connectivity index (χ4v) is 4.97. The second-order valence-electron chi connectivity index (χ2n) is 9.71. The van der Waals surface area contributed by atoms with Crippen LogP contribution >= 0.6 is 0 Å². The Morgan fingerprint density at radius 1 is 0.826 bits per heavy atom. The molecule has 0 saturated carbocycles. The van der Waals surface area contributed by atoms with E-state index in [4.69, 9.17) is 0 Å². The smallest absolute Gasteiger partial charge is 0.0125 e. The lowest BCUT2D eigenvalue weighted by Gasteiger charge is -2.50. The Morgan fingerprint density at radius 2 is 1.35 bits per heavy atom. The quantitative estimate of drug-likeness (QED) is 0.772. The van der Waals surface area contributed by atoms with Crippen molar-refractivity contribution >= 4 is 0 Å². The molecule has 3 aliphatic heterocycles. The van der Waals surface area contributed by atoms with E-state index < -0.39 is 0 Å². The van der Waals surface area contributed by atoms with Gasteiger partial charge in [-0.3, -0.25) is 4.90 Å². The van der Waals surface area contributed by atoms with E-state index >= 15 is 0 Å². The molecule has 0 N–H and O–H groups in total. The summed E-state index contributed by atoms with van der Waals surface area (Å²) in [5, 5.41) is 0. The van der Waals surface area contributed by atoms with Gasteiger partial charge in [-0.1, -0.05) is 0 Å². The van der Waals surface area contributed by atoms with Crippen LogP contribution in [0.2, 0.25) is 0 Å². The van der Waals surface area contributed by atoms with Gasteiger partial charge in [0, 0.05) is 12.1 Å². The number of piperidine rings is 3. The highest BCUT2D eigenvalue weighted by atomic mass is 15.2. The molecule has 0 unspecified atom stereocenters. The van der Waals surface area contributed by atoms with Crippen molar-refractivity contribution in [2.75, 3.05) is 52.9 Å². The van der Waals surface area contributed by atoms with E-state index in [1.54, 1.807) is 0 Å². The molecule has 0 aromatic carbocycles. The van der Waals surface area contributed by atoms with Crippen LogP contribution in [0.1, 0.15) is 59.3 Å². The first-order valence-electron chi connectivity index (χ1n) is 10.0. The monoisotopic (exact) mass is 321 g/mol. The molecule has 3 fully saturated rings. The van der Waals surface area contributed by atoms with Gasteiger partial charge < -0.3 is 9.80 Å². The van der Waals surface area contributed by atoms with E-state index in [1.807, 2.05) is 0 Å². The van der Waals surface area contributed by atoms with E-state index in [0.717, 1.165) is 5.92 Å². The Bertz CT molecular complexity index is 361. The predicted octanol–water partition coefficient (Wildman–Crippen LogP) is 3.30. The molecular weight excluding hydrogens is 282 g/mol. The Kier molecular flexibility index (Phi) is 5.40. The van der Waals surface area contributed by atoms with Gasteiger partial charge in [-0.05, 0) is 117 Å². The van der Waals surface area contributed by atoms with Gasteiger partial charge >= 0.3 is 0 Å². The molecule has 0 bridgehead atoms. The maximum absolute atomic E-state index is 2.79. The molecule has 3 heteroatoms. The minimum atomic E-state index is 0.358. The van der Waals surface area contributed by atoms with Gasteiger partial charge in [0.15, 0.2) is 0 Å². The van der Waals surface area contributed by atoms with Crippen molar-refractivity contribution in [3.63, 3.8) is 0 Å². The second-order valence-corrected chi connectivity index (χ2v) is 9.71. The normalized spacial score (nSPS) is 29.2. The first kappa shape index (κ1) is 17.7. The van der Waals surface area contributed by atoms with Crippen LogP contribution in [0.25, 0.3) is 0 Å². The van der Waals surface area contributed by atoms with Crippen molar-refractivity contribution in [1.82, 2.24) is 14.7 Å². The summed E-state index contributed by atoms with van der Waals surface area (Å²) >= 11 is 0. The van der Waals surface area contributed by atoms with Gasteiger partial charge in [-0.25, -0.2) is 0 Å². The summed E-state index contributed by atoms with van der Waals surface area (Å²) in [4.78, 5) is 7.98. The molecule has 3 saturated heterocycles. The lowest BCUT2D eigenvalue weighted by atomic mass is 9.70. The Hall–Kier alpha value is -0.120. The first-order chi connectivity index (χ1) is 10.9. The highest BCUT2D eigenvalue weighted by molar-refractivity contribution is 4.93. The van der Waals surface area contributed by atoms with Crippen molar-refractivity contribution in [3.05, 3.63) is 0 Å². The summed E-state index contributed by atoms with van der Waals surface area (Å²) in [5.41, 5.74) is 1.04. The number of rotatable bonds is 2. The maximum Gasteiger partial charge on any atom is 0.0125 e. The average Bonchev–Trinajstić information content (AvgIpc) is 2.52. The van der Waals surface area contributed by atoms with Crippen LogP contribution in [0.15, 0.2) is 0 Å². The van der Waals surface area contributed by atoms with Crippen molar-refractivity contribution < 1.29 is 0 Å². The van der Waals surface area contributed by atoms with Gasteiger partial charge in [0.25, 0.3) is 0 Å². The number of hydrogen-bond donors (Lipinski definition) is 0. The molecule has 3 rings (SSSR count). The molecule has 0 amide bonds. The van der Waals surface area contributed by atoms with Crippen molar-refractivity contribution in [3.8, 4) is 0 Å². The summed E-state index contributed by atoms with van der Waals surface area (Å²) in [5.74, 6) is 0.961. The predicted molar refractivity (Wildman–Crippen MR) is 98.9 cm³/mol. The zero-order chi connectivity index (χ0) is 16.5. The van der Waals surface area contributed by atoms with E-state index in [0.29, 0.717) is 11.0 Å². The molecule has 134 valence electrons. The third kappa shape index (κ3) is 4.49. The number of hydrogen-bond acceptors (Lipinski definition) is 3. The van der Waals surface area contributed by atoms with Crippen LogP contribution < -0.4 is 0 Å². The summed E-state index contributed by atoms with van der Waals surface area (Å²) in [6, 6.07) is 0.